The summed E-state index contributed by atoms with van der Waals surface area (Å²) in [6.07, 6.45) is 3.23. The van der Waals surface area contributed by atoms with E-state index >= 15 is 0 Å². The minimum absolute atomic E-state index is 0.0227. The van der Waals surface area contributed by atoms with Crippen molar-refractivity contribution in [2.75, 3.05) is 40.4 Å². The Hall–Kier alpha value is -2.12. The highest BCUT2D eigenvalue weighted by Crippen LogP contribution is 2.36. The van der Waals surface area contributed by atoms with Gasteiger partial charge in [-0.05, 0) is 24.8 Å². The lowest BCUT2D eigenvalue weighted by Gasteiger charge is -2.46. The van der Waals surface area contributed by atoms with Crippen LogP contribution in [0.1, 0.15) is 31.2 Å². The van der Waals surface area contributed by atoms with Crippen molar-refractivity contribution >= 4 is 11.9 Å². The molecule has 0 radical (unpaired) electrons. The Kier molecular flexibility index (Phi) is 6.91. The Labute approximate surface area is 167 Å². The van der Waals surface area contributed by atoms with Gasteiger partial charge in [-0.3, -0.25) is 4.79 Å². The molecule has 0 aromatic heterocycles. The minimum atomic E-state index is -0.236. The molecule has 7 nitrogen and oxygen atoms in total. The van der Waals surface area contributed by atoms with Gasteiger partial charge >= 0.3 is 6.03 Å². The zero-order chi connectivity index (χ0) is 20.0. The van der Waals surface area contributed by atoms with Crippen LogP contribution in [-0.2, 0) is 20.8 Å². The first-order chi connectivity index (χ1) is 13.5. The normalized spacial score (nSPS) is 21.4. The molecule has 1 atom stereocenters. The fraction of sp³-hybridized carbons (Fsp3) is 0.619. The number of carbonyl (C=O) groups is 2. The van der Waals surface area contributed by atoms with Gasteiger partial charge in [0, 0.05) is 46.8 Å². The third kappa shape index (κ3) is 5.45. The molecule has 1 unspecified atom stereocenters. The fourth-order valence-electron chi connectivity index (χ4n) is 3.79. The standard InChI is InChI=1S/C21H31N3O4/c1-23(2)19(25)16-27-18-8-13-28-21(14-18)9-11-24(12-10-21)20(26)22-15-17-6-4-3-5-7-17/h3-7,18H,8-16H2,1-2H3,(H,22,26). The van der Waals surface area contributed by atoms with Crippen LogP contribution in [0.2, 0.25) is 0 Å². The molecule has 0 aliphatic carbocycles. The number of hydrogen-bond acceptors (Lipinski definition) is 4. The number of hydrogen-bond donors (Lipinski definition) is 1. The lowest BCUT2D eigenvalue weighted by Crippen LogP contribution is -2.53. The zero-order valence-electron chi connectivity index (χ0n) is 16.9. The summed E-state index contributed by atoms with van der Waals surface area (Å²) in [7, 11) is 3.46. The molecular weight excluding hydrogens is 358 g/mol. The second-order valence-electron chi connectivity index (χ2n) is 7.88. The topological polar surface area (TPSA) is 71.1 Å². The largest absolute Gasteiger partial charge is 0.375 e. The molecule has 154 valence electrons. The first kappa shape index (κ1) is 20.6. The maximum Gasteiger partial charge on any atom is 0.317 e. The lowest BCUT2D eigenvalue weighted by molar-refractivity contribution is -0.160. The Bertz CT molecular complexity index is 657. The first-order valence-corrected chi connectivity index (χ1v) is 10.00. The molecule has 7 heteroatoms. The van der Waals surface area contributed by atoms with E-state index in [1.807, 2.05) is 35.2 Å². The highest BCUT2D eigenvalue weighted by Gasteiger charge is 2.41. The number of ether oxygens (including phenoxy) is 2. The Morgan fingerprint density at radius 3 is 2.64 bits per heavy atom. The molecule has 2 aliphatic rings. The van der Waals surface area contributed by atoms with E-state index in [1.165, 1.54) is 0 Å². The van der Waals surface area contributed by atoms with Gasteiger partial charge in [0.15, 0.2) is 0 Å². The van der Waals surface area contributed by atoms with Gasteiger partial charge in [0.25, 0.3) is 0 Å². The van der Waals surface area contributed by atoms with Crippen molar-refractivity contribution in [3.8, 4) is 0 Å². The molecular formula is C21H31N3O4. The van der Waals surface area contributed by atoms with Crippen molar-refractivity contribution < 1.29 is 19.1 Å². The third-order valence-electron chi connectivity index (χ3n) is 5.64. The molecule has 1 N–H and O–H groups in total. The maximum absolute atomic E-state index is 12.5. The van der Waals surface area contributed by atoms with Crippen molar-refractivity contribution in [2.24, 2.45) is 0 Å². The monoisotopic (exact) mass is 389 g/mol. The number of urea groups is 1. The summed E-state index contributed by atoms with van der Waals surface area (Å²) in [5, 5.41) is 2.99. The lowest BCUT2D eigenvalue weighted by atomic mass is 9.83. The molecule has 2 heterocycles. The van der Waals surface area contributed by atoms with Crippen molar-refractivity contribution in [3.63, 3.8) is 0 Å². The van der Waals surface area contributed by atoms with E-state index in [1.54, 1.807) is 19.0 Å². The Morgan fingerprint density at radius 2 is 1.96 bits per heavy atom. The second kappa shape index (κ2) is 9.39. The highest BCUT2D eigenvalue weighted by atomic mass is 16.5. The van der Waals surface area contributed by atoms with Crippen molar-refractivity contribution in [3.05, 3.63) is 35.9 Å². The van der Waals surface area contributed by atoms with E-state index in [9.17, 15) is 9.59 Å². The molecule has 3 rings (SSSR count). The molecule has 0 saturated carbocycles. The molecule has 3 amide bonds. The SMILES string of the molecule is CN(C)C(=O)COC1CCOC2(CCN(C(=O)NCc3ccccc3)CC2)C1. The van der Waals surface area contributed by atoms with E-state index in [0.717, 1.165) is 31.2 Å². The zero-order valence-corrected chi connectivity index (χ0v) is 16.9. The predicted molar refractivity (Wildman–Crippen MR) is 106 cm³/mol. The van der Waals surface area contributed by atoms with Crippen LogP contribution in [0.4, 0.5) is 4.79 Å². The van der Waals surface area contributed by atoms with Crippen molar-refractivity contribution in [1.82, 2.24) is 15.1 Å². The number of rotatable bonds is 5. The number of nitrogens with zero attached hydrogens (tertiary/aromatic N) is 2. The summed E-state index contributed by atoms with van der Waals surface area (Å²) in [6, 6.07) is 9.88. The van der Waals surface area contributed by atoms with Crippen molar-refractivity contribution in [2.45, 2.75) is 43.9 Å². The second-order valence-corrected chi connectivity index (χ2v) is 7.88. The Morgan fingerprint density at radius 1 is 1.25 bits per heavy atom. The summed E-state index contributed by atoms with van der Waals surface area (Å²) < 4.78 is 11.9. The van der Waals surface area contributed by atoms with E-state index in [2.05, 4.69) is 5.32 Å². The van der Waals surface area contributed by atoms with Crippen LogP contribution < -0.4 is 5.32 Å². The highest BCUT2D eigenvalue weighted by molar-refractivity contribution is 5.76. The van der Waals surface area contributed by atoms with E-state index in [0.29, 0.717) is 26.2 Å². The summed E-state index contributed by atoms with van der Waals surface area (Å²) in [6.45, 7) is 2.63. The van der Waals surface area contributed by atoms with Gasteiger partial charge in [-0.25, -0.2) is 4.79 Å². The van der Waals surface area contributed by atoms with Crippen LogP contribution in [-0.4, -0.2) is 73.8 Å². The first-order valence-electron chi connectivity index (χ1n) is 10.00. The van der Waals surface area contributed by atoms with E-state index in [4.69, 9.17) is 9.47 Å². The average Bonchev–Trinajstić information content (AvgIpc) is 2.71. The summed E-state index contributed by atoms with van der Waals surface area (Å²) in [4.78, 5) is 27.6. The quantitative estimate of drug-likeness (QED) is 0.836. The van der Waals surface area contributed by atoms with Crippen LogP contribution in [0.5, 0.6) is 0 Å². The van der Waals surface area contributed by atoms with Gasteiger partial charge < -0.3 is 24.6 Å². The van der Waals surface area contributed by atoms with E-state index in [-0.39, 0.29) is 30.3 Å². The van der Waals surface area contributed by atoms with Gasteiger partial charge in [0.2, 0.25) is 5.91 Å². The van der Waals surface area contributed by atoms with Crippen LogP contribution >= 0.6 is 0 Å². The smallest absolute Gasteiger partial charge is 0.317 e. The number of piperidine rings is 1. The van der Waals surface area contributed by atoms with Crippen LogP contribution in [0, 0.1) is 0 Å². The number of nitrogens with one attached hydrogen (secondary N) is 1. The summed E-state index contributed by atoms with van der Waals surface area (Å²) >= 11 is 0. The molecule has 1 aromatic carbocycles. The Balaban J connectivity index is 1.44. The predicted octanol–water partition coefficient (Wildman–Crippen LogP) is 2.01. The molecule has 2 saturated heterocycles. The minimum Gasteiger partial charge on any atom is -0.375 e. The van der Waals surface area contributed by atoms with E-state index < -0.39 is 0 Å². The van der Waals surface area contributed by atoms with Crippen LogP contribution in [0.3, 0.4) is 0 Å². The van der Waals surface area contributed by atoms with Gasteiger partial charge in [0.1, 0.15) is 6.61 Å². The van der Waals surface area contributed by atoms with Gasteiger partial charge in [-0.15, -0.1) is 0 Å². The average molecular weight is 389 g/mol. The van der Waals surface area contributed by atoms with Gasteiger partial charge in [0.05, 0.1) is 11.7 Å². The number of amides is 3. The summed E-state index contributed by atoms with van der Waals surface area (Å²) in [5.74, 6) is -0.0227. The number of benzene rings is 1. The summed E-state index contributed by atoms with van der Waals surface area (Å²) in [5.41, 5.74) is 0.854. The molecule has 1 aromatic rings. The van der Waals surface area contributed by atoms with Crippen molar-refractivity contribution in [1.29, 1.82) is 0 Å². The van der Waals surface area contributed by atoms with Gasteiger partial charge in [-0.1, -0.05) is 30.3 Å². The van der Waals surface area contributed by atoms with Crippen LogP contribution in [0.15, 0.2) is 30.3 Å². The van der Waals surface area contributed by atoms with Gasteiger partial charge in [-0.2, -0.15) is 0 Å². The molecule has 2 fully saturated rings. The molecule has 1 spiro atoms. The number of likely N-dealkylation sites (tertiary alicyclic amines) is 1. The number of carbonyl (C=O) groups excluding carboxylic acids is 2. The fourth-order valence-corrected chi connectivity index (χ4v) is 3.79. The number of likely N-dealkylation sites (N-methyl/N-ethyl adjacent to an activating group) is 1. The maximum atomic E-state index is 12.5. The van der Waals surface area contributed by atoms with Crippen LogP contribution in [0.25, 0.3) is 0 Å². The molecule has 0 bridgehead atoms. The molecule has 28 heavy (non-hydrogen) atoms. The molecule has 2 aliphatic heterocycles. The third-order valence-corrected chi connectivity index (χ3v) is 5.64.